The van der Waals surface area contributed by atoms with Crippen molar-refractivity contribution in [2.75, 3.05) is 26.2 Å². The topological polar surface area (TPSA) is 72.2 Å². The number of aliphatic hydroxyl groups is 1. The van der Waals surface area contributed by atoms with Crippen LogP contribution in [0.5, 0.6) is 0 Å². The van der Waals surface area contributed by atoms with Crippen LogP contribution in [0.2, 0.25) is 0 Å². The maximum Gasteiger partial charge on any atom is 0.0541 e. The smallest absolute Gasteiger partial charge is 0.0541 e. The van der Waals surface area contributed by atoms with E-state index in [0.717, 1.165) is 32.5 Å². The lowest BCUT2D eigenvalue weighted by Gasteiger charge is -2.32. The summed E-state index contributed by atoms with van der Waals surface area (Å²) in [5, 5.41) is 12.9. The maximum atomic E-state index is 9.39. The zero-order valence-electron chi connectivity index (χ0n) is 8.63. The molecule has 1 heterocycles. The van der Waals surface area contributed by atoms with Crippen LogP contribution in [0.25, 0.3) is 10.4 Å². The maximum absolute atomic E-state index is 9.39. The van der Waals surface area contributed by atoms with E-state index in [1.807, 2.05) is 6.92 Å². The van der Waals surface area contributed by atoms with Crippen molar-refractivity contribution in [2.24, 2.45) is 11.0 Å². The molecule has 1 unspecified atom stereocenters. The monoisotopic (exact) mass is 198 g/mol. The number of likely N-dealkylation sites (tertiary alicyclic amines) is 1. The van der Waals surface area contributed by atoms with Crippen LogP contribution < -0.4 is 0 Å². The van der Waals surface area contributed by atoms with Gasteiger partial charge >= 0.3 is 0 Å². The Morgan fingerprint density at radius 1 is 1.57 bits per heavy atom. The van der Waals surface area contributed by atoms with E-state index in [1.165, 1.54) is 0 Å². The third kappa shape index (κ3) is 3.54. The number of piperidine rings is 1. The Hall–Kier alpha value is -0.770. The van der Waals surface area contributed by atoms with Crippen molar-refractivity contribution in [3.05, 3.63) is 10.4 Å². The van der Waals surface area contributed by atoms with Crippen molar-refractivity contribution < 1.29 is 5.11 Å². The molecule has 0 aromatic heterocycles. The van der Waals surface area contributed by atoms with Crippen LogP contribution in [0.1, 0.15) is 19.8 Å². The Morgan fingerprint density at radius 3 is 2.71 bits per heavy atom. The zero-order chi connectivity index (χ0) is 10.4. The van der Waals surface area contributed by atoms with Crippen LogP contribution in [0, 0.1) is 5.92 Å². The Bertz CT molecular complexity index is 205. The van der Waals surface area contributed by atoms with Gasteiger partial charge in [-0.2, -0.15) is 0 Å². The molecular formula is C9H18N4O. The highest BCUT2D eigenvalue weighted by molar-refractivity contribution is 4.75. The van der Waals surface area contributed by atoms with E-state index in [1.54, 1.807) is 0 Å². The highest BCUT2D eigenvalue weighted by atomic mass is 16.3. The summed E-state index contributed by atoms with van der Waals surface area (Å²) in [5.41, 5.74) is 8.12. The molecule has 0 radical (unpaired) electrons. The predicted molar refractivity (Wildman–Crippen MR) is 54.9 cm³/mol. The van der Waals surface area contributed by atoms with Crippen molar-refractivity contribution in [3.63, 3.8) is 0 Å². The Kier molecular flexibility index (Phi) is 4.73. The van der Waals surface area contributed by atoms with E-state index in [2.05, 4.69) is 14.9 Å². The minimum atomic E-state index is -0.186. The Balaban J connectivity index is 2.18. The number of rotatable bonds is 4. The van der Waals surface area contributed by atoms with Gasteiger partial charge in [-0.25, -0.2) is 0 Å². The van der Waals surface area contributed by atoms with Gasteiger partial charge < -0.3 is 10.0 Å². The first-order valence-electron chi connectivity index (χ1n) is 5.15. The normalized spacial score (nSPS) is 21.6. The lowest BCUT2D eigenvalue weighted by molar-refractivity contribution is 0.0729. The number of aliphatic hydroxyl groups excluding tert-OH is 1. The third-order valence-corrected chi connectivity index (χ3v) is 2.89. The fourth-order valence-electron chi connectivity index (χ4n) is 1.89. The van der Waals surface area contributed by atoms with Gasteiger partial charge in [-0.3, -0.25) is 0 Å². The van der Waals surface area contributed by atoms with Gasteiger partial charge in [0.15, 0.2) is 0 Å². The molecule has 0 saturated carbocycles. The summed E-state index contributed by atoms with van der Waals surface area (Å²) in [6.07, 6.45) is 1.91. The number of hydrogen-bond donors (Lipinski definition) is 1. The highest BCUT2D eigenvalue weighted by Crippen LogP contribution is 2.19. The van der Waals surface area contributed by atoms with Crippen molar-refractivity contribution >= 4 is 0 Å². The van der Waals surface area contributed by atoms with Crippen LogP contribution >= 0.6 is 0 Å². The lowest BCUT2D eigenvalue weighted by atomic mass is 9.92. The number of azide groups is 1. The van der Waals surface area contributed by atoms with Gasteiger partial charge in [0.05, 0.1) is 6.10 Å². The second-order valence-electron chi connectivity index (χ2n) is 3.87. The van der Waals surface area contributed by atoms with Crippen molar-refractivity contribution in [2.45, 2.75) is 25.9 Å². The quantitative estimate of drug-likeness (QED) is 0.421. The molecule has 1 saturated heterocycles. The Morgan fingerprint density at radius 2 is 2.21 bits per heavy atom. The van der Waals surface area contributed by atoms with Crippen molar-refractivity contribution in [1.29, 1.82) is 0 Å². The molecule has 14 heavy (non-hydrogen) atoms. The molecule has 1 aliphatic rings. The first-order chi connectivity index (χ1) is 6.74. The molecular weight excluding hydrogens is 180 g/mol. The summed E-state index contributed by atoms with van der Waals surface area (Å²) >= 11 is 0. The van der Waals surface area contributed by atoms with E-state index in [-0.39, 0.29) is 6.10 Å². The molecule has 1 fully saturated rings. The molecule has 0 aromatic carbocycles. The summed E-state index contributed by atoms with van der Waals surface area (Å²) in [5.74, 6) is 0.450. The van der Waals surface area contributed by atoms with E-state index < -0.39 is 0 Å². The molecule has 80 valence electrons. The van der Waals surface area contributed by atoms with E-state index in [9.17, 15) is 5.11 Å². The van der Waals surface area contributed by atoms with Gasteiger partial charge in [-0.15, -0.1) is 0 Å². The van der Waals surface area contributed by atoms with E-state index in [0.29, 0.717) is 12.5 Å². The van der Waals surface area contributed by atoms with Crippen LogP contribution in [0.3, 0.4) is 0 Å². The largest absolute Gasteiger partial charge is 0.393 e. The summed E-state index contributed by atoms with van der Waals surface area (Å²) in [7, 11) is 0. The first kappa shape index (κ1) is 11.3. The predicted octanol–water partition coefficient (Wildman–Crippen LogP) is 1.39. The third-order valence-electron chi connectivity index (χ3n) is 2.89. The minimum Gasteiger partial charge on any atom is -0.393 e. The second kappa shape index (κ2) is 5.86. The number of nitrogens with zero attached hydrogens (tertiary/aromatic N) is 4. The molecule has 1 aliphatic heterocycles. The highest BCUT2D eigenvalue weighted by Gasteiger charge is 2.21. The summed E-state index contributed by atoms with van der Waals surface area (Å²) in [6, 6.07) is 0. The zero-order valence-corrected chi connectivity index (χ0v) is 8.63. The molecule has 0 bridgehead atoms. The number of hydrogen-bond acceptors (Lipinski definition) is 3. The van der Waals surface area contributed by atoms with Gasteiger partial charge in [0.1, 0.15) is 0 Å². The molecule has 0 spiro atoms. The van der Waals surface area contributed by atoms with Crippen LogP contribution in [-0.2, 0) is 0 Å². The lowest BCUT2D eigenvalue weighted by Crippen LogP contribution is -2.38. The average Bonchev–Trinajstić information content (AvgIpc) is 2.19. The van der Waals surface area contributed by atoms with Crippen LogP contribution in [0.4, 0.5) is 0 Å². The summed E-state index contributed by atoms with van der Waals surface area (Å²) in [4.78, 5) is 5.01. The molecule has 1 rings (SSSR count). The van der Waals surface area contributed by atoms with Gasteiger partial charge in [-0.05, 0) is 44.3 Å². The van der Waals surface area contributed by atoms with Gasteiger partial charge in [-0.1, -0.05) is 5.11 Å². The molecule has 5 nitrogen and oxygen atoms in total. The summed E-state index contributed by atoms with van der Waals surface area (Å²) in [6.45, 7) is 5.28. The fourth-order valence-corrected chi connectivity index (χ4v) is 1.89. The summed E-state index contributed by atoms with van der Waals surface area (Å²) < 4.78 is 0. The van der Waals surface area contributed by atoms with Crippen LogP contribution in [-0.4, -0.2) is 42.3 Å². The molecule has 0 aromatic rings. The van der Waals surface area contributed by atoms with E-state index >= 15 is 0 Å². The Labute approximate surface area is 84.3 Å². The molecule has 1 atom stereocenters. The van der Waals surface area contributed by atoms with E-state index in [4.69, 9.17) is 5.53 Å². The molecule has 1 N–H and O–H groups in total. The van der Waals surface area contributed by atoms with Crippen molar-refractivity contribution in [3.8, 4) is 0 Å². The molecule has 0 amide bonds. The van der Waals surface area contributed by atoms with Gasteiger partial charge in [0.2, 0.25) is 0 Å². The fraction of sp³-hybridized carbons (Fsp3) is 1.00. The first-order valence-corrected chi connectivity index (χ1v) is 5.15. The SMILES string of the molecule is CC(O)C1CCN(CCN=[N+]=[N-])CC1. The van der Waals surface area contributed by atoms with Gasteiger partial charge in [0.25, 0.3) is 0 Å². The van der Waals surface area contributed by atoms with Crippen LogP contribution in [0.15, 0.2) is 5.11 Å². The average molecular weight is 198 g/mol. The van der Waals surface area contributed by atoms with Crippen molar-refractivity contribution in [1.82, 2.24) is 4.90 Å². The van der Waals surface area contributed by atoms with Gasteiger partial charge in [0, 0.05) is 18.0 Å². The standard InChI is InChI=1S/C9H18N4O/c1-8(14)9-2-5-13(6-3-9)7-4-11-12-10/h8-9,14H,2-7H2,1H3. The molecule has 5 heteroatoms. The molecule has 0 aliphatic carbocycles. The minimum absolute atomic E-state index is 0.186. The second-order valence-corrected chi connectivity index (χ2v) is 3.87.